The lowest BCUT2D eigenvalue weighted by Gasteiger charge is -2.08. The van der Waals surface area contributed by atoms with Crippen LogP contribution in [0.2, 0.25) is 0 Å². The monoisotopic (exact) mass is 379 g/mol. The molecule has 1 N–H and O–H groups in total. The van der Waals surface area contributed by atoms with Gasteiger partial charge >= 0.3 is 0 Å². The second-order valence-electron chi connectivity index (χ2n) is 5.38. The van der Waals surface area contributed by atoms with Crippen LogP contribution in [0.25, 0.3) is 0 Å². The minimum atomic E-state index is 0.0375. The third-order valence-corrected chi connectivity index (χ3v) is 3.10. The van der Waals surface area contributed by atoms with Gasteiger partial charge in [0.25, 0.3) is 0 Å². The molecule has 0 aromatic heterocycles. The predicted molar refractivity (Wildman–Crippen MR) is 98.5 cm³/mol. The first kappa shape index (κ1) is 25.2. The van der Waals surface area contributed by atoms with E-state index in [4.69, 9.17) is 28.4 Å². The summed E-state index contributed by atoms with van der Waals surface area (Å²) in [6.45, 7) is 11.2. The standard InChI is InChI=1S/C18H37NO7/c1-3-6-21-8-10-23-12-14-25-16-17-26-15-13-24-11-9-22-7-5-19-18(20)4-2/h3-17H2,1-2H3,(H,19,20). The highest BCUT2D eigenvalue weighted by Gasteiger charge is 1.96. The van der Waals surface area contributed by atoms with Gasteiger partial charge in [0.05, 0.1) is 72.7 Å². The molecule has 0 aliphatic heterocycles. The van der Waals surface area contributed by atoms with Gasteiger partial charge in [-0.25, -0.2) is 0 Å². The van der Waals surface area contributed by atoms with E-state index in [1.165, 1.54) is 0 Å². The molecule has 0 bridgehead atoms. The van der Waals surface area contributed by atoms with Crippen LogP contribution in [0.1, 0.15) is 26.7 Å². The van der Waals surface area contributed by atoms with Crippen molar-refractivity contribution < 1.29 is 33.2 Å². The molecule has 0 fully saturated rings. The zero-order valence-electron chi connectivity index (χ0n) is 16.5. The van der Waals surface area contributed by atoms with Gasteiger partial charge in [-0.2, -0.15) is 0 Å². The summed E-state index contributed by atoms with van der Waals surface area (Å²) in [6, 6.07) is 0. The van der Waals surface area contributed by atoms with Gasteiger partial charge in [0.15, 0.2) is 0 Å². The molecule has 8 heteroatoms. The summed E-state index contributed by atoms with van der Waals surface area (Å²) in [6.07, 6.45) is 1.53. The lowest BCUT2D eigenvalue weighted by molar-refractivity contribution is -0.121. The van der Waals surface area contributed by atoms with Gasteiger partial charge < -0.3 is 33.7 Å². The van der Waals surface area contributed by atoms with Crippen molar-refractivity contribution in [2.45, 2.75) is 26.7 Å². The van der Waals surface area contributed by atoms with Crippen molar-refractivity contribution in [3.63, 3.8) is 0 Å². The van der Waals surface area contributed by atoms with Crippen LogP contribution in [-0.4, -0.2) is 91.7 Å². The van der Waals surface area contributed by atoms with Gasteiger partial charge in [-0.15, -0.1) is 0 Å². The van der Waals surface area contributed by atoms with E-state index in [9.17, 15) is 4.79 Å². The number of amides is 1. The Morgan fingerprint density at radius 3 is 1.27 bits per heavy atom. The third kappa shape index (κ3) is 21.3. The van der Waals surface area contributed by atoms with Crippen molar-refractivity contribution in [3.05, 3.63) is 0 Å². The maximum Gasteiger partial charge on any atom is 0.219 e. The summed E-state index contributed by atoms with van der Waals surface area (Å²) in [5, 5.41) is 2.74. The Morgan fingerprint density at radius 2 is 0.923 bits per heavy atom. The first-order valence-electron chi connectivity index (χ1n) is 9.54. The largest absolute Gasteiger partial charge is 0.379 e. The number of carbonyl (C=O) groups excluding carboxylic acids is 1. The fourth-order valence-electron chi connectivity index (χ4n) is 1.73. The van der Waals surface area contributed by atoms with Crippen LogP contribution in [0.15, 0.2) is 0 Å². The van der Waals surface area contributed by atoms with Crippen molar-refractivity contribution in [3.8, 4) is 0 Å². The summed E-state index contributed by atoms with van der Waals surface area (Å²) < 4.78 is 32.1. The molecule has 0 saturated heterocycles. The van der Waals surface area contributed by atoms with E-state index >= 15 is 0 Å². The first-order chi connectivity index (χ1) is 12.8. The predicted octanol–water partition coefficient (Wildman–Crippen LogP) is 1.02. The molecule has 1 amide bonds. The maximum absolute atomic E-state index is 11.0. The Kier molecular flexibility index (Phi) is 21.6. The summed E-state index contributed by atoms with van der Waals surface area (Å²) in [5.74, 6) is 0.0375. The zero-order chi connectivity index (χ0) is 19.1. The molecule has 0 atom stereocenters. The van der Waals surface area contributed by atoms with Crippen LogP contribution in [0, 0.1) is 0 Å². The maximum atomic E-state index is 11.0. The van der Waals surface area contributed by atoms with Crippen LogP contribution in [0.4, 0.5) is 0 Å². The van der Waals surface area contributed by atoms with Gasteiger partial charge in [-0.05, 0) is 6.42 Å². The van der Waals surface area contributed by atoms with Crippen molar-refractivity contribution >= 4 is 5.91 Å². The van der Waals surface area contributed by atoms with E-state index in [-0.39, 0.29) is 5.91 Å². The number of ether oxygens (including phenoxy) is 6. The van der Waals surface area contributed by atoms with E-state index in [1.807, 2.05) is 6.92 Å². The molecule has 0 aliphatic rings. The van der Waals surface area contributed by atoms with E-state index in [1.54, 1.807) is 0 Å². The molecule has 0 unspecified atom stereocenters. The quantitative estimate of drug-likeness (QED) is 0.298. The van der Waals surface area contributed by atoms with Gasteiger partial charge in [-0.3, -0.25) is 4.79 Å². The molecular formula is C18H37NO7. The van der Waals surface area contributed by atoms with E-state index in [0.717, 1.165) is 13.0 Å². The summed E-state index contributed by atoms with van der Waals surface area (Å²) in [5.41, 5.74) is 0. The number of hydrogen-bond acceptors (Lipinski definition) is 7. The Hall–Kier alpha value is -0.770. The topological polar surface area (TPSA) is 84.5 Å². The van der Waals surface area contributed by atoms with Gasteiger partial charge in [-0.1, -0.05) is 13.8 Å². The Labute approximate surface area is 157 Å². The van der Waals surface area contributed by atoms with Crippen LogP contribution in [0.5, 0.6) is 0 Å². The minimum Gasteiger partial charge on any atom is -0.379 e. The highest BCUT2D eigenvalue weighted by Crippen LogP contribution is 1.85. The number of carbonyl (C=O) groups is 1. The fourth-order valence-corrected chi connectivity index (χ4v) is 1.73. The molecule has 0 heterocycles. The number of hydrogen-bond donors (Lipinski definition) is 1. The highest BCUT2D eigenvalue weighted by molar-refractivity contribution is 5.75. The average Bonchev–Trinajstić information content (AvgIpc) is 2.66. The third-order valence-electron chi connectivity index (χ3n) is 3.10. The highest BCUT2D eigenvalue weighted by atomic mass is 16.6. The van der Waals surface area contributed by atoms with Crippen molar-refractivity contribution in [1.82, 2.24) is 5.32 Å². The van der Waals surface area contributed by atoms with Crippen LogP contribution < -0.4 is 5.32 Å². The minimum absolute atomic E-state index is 0.0375. The Balaban J connectivity index is 3.00. The molecule has 0 saturated carbocycles. The van der Waals surface area contributed by atoms with E-state index in [0.29, 0.717) is 85.6 Å². The molecular weight excluding hydrogens is 342 g/mol. The second-order valence-corrected chi connectivity index (χ2v) is 5.38. The van der Waals surface area contributed by atoms with Crippen LogP contribution >= 0.6 is 0 Å². The first-order valence-corrected chi connectivity index (χ1v) is 9.54. The molecule has 26 heavy (non-hydrogen) atoms. The summed E-state index contributed by atoms with van der Waals surface area (Å²) >= 11 is 0. The number of nitrogens with one attached hydrogen (secondary N) is 1. The lowest BCUT2D eigenvalue weighted by Crippen LogP contribution is -2.26. The molecule has 0 radical (unpaired) electrons. The fraction of sp³-hybridized carbons (Fsp3) is 0.944. The van der Waals surface area contributed by atoms with E-state index < -0.39 is 0 Å². The van der Waals surface area contributed by atoms with Crippen molar-refractivity contribution in [2.75, 3.05) is 85.8 Å². The normalized spacial score (nSPS) is 11.0. The average molecular weight is 379 g/mol. The van der Waals surface area contributed by atoms with E-state index in [2.05, 4.69) is 12.2 Å². The molecule has 0 aromatic carbocycles. The lowest BCUT2D eigenvalue weighted by atomic mass is 10.4. The van der Waals surface area contributed by atoms with Crippen LogP contribution in [0.3, 0.4) is 0 Å². The Morgan fingerprint density at radius 1 is 0.577 bits per heavy atom. The van der Waals surface area contributed by atoms with Crippen molar-refractivity contribution in [2.24, 2.45) is 0 Å². The van der Waals surface area contributed by atoms with Crippen LogP contribution in [-0.2, 0) is 33.2 Å². The number of rotatable bonds is 21. The van der Waals surface area contributed by atoms with Gasteiger partial charge in [0.2, 0.25) is 5.91 Å². The SMILES string of the molecule is CCCOCCOCCOCCOCCOCCOCCNC(=O)CC. The molecule has 0 spiro atoms. The summed E-state index contributed by atoms with van der Waals surface area (Å²) in [4.78, 5) is 11.0. The molecule has 0 rings (SSSR count). The van der Waals surface area contributed by atoms with Gasteiger partial charge in [0, 0.05) is 19.6 Å². The molecule has 0 aliphatic carbocycles. The molecule has 0 aromatic rings. The molecule has 156 valence electrons. The smallest absolute Gasteiger partial charge is 0.219 e. The summed E-state index contributed by atoms with van der Waals surface area (Å²) in [7, 11) is 0. The zero-order valence-corrected chi connectivity index (χ0v) is 16.5. The van der Waals surface area contributed by atoms with Crippen molar-refractivity contribution in [1.29, 1.82) is 0 Å². The second kappa shape index (κ2) is 22.3. The van der Waals surface area contributed by atoms with Gasteiger partial charge in [0.1, 0.15) is 0 Å². The Bertz CT molecular complexity index is 293. The molecule has 8 nitrogen and oxygen atoms in total.